The second-order valence-corrected chi connectivity index (χ2v) is 9.44. The average Bonchev–Trinajstić information content (AvgIpc) is 2.84. The summed E-state index contributed by atoms with van der Waals surface area (Å²) in [6.07, 6.45) is 3.72. The van der Waals surface area contributed by atoms with Crippen LogP contribution < -0.4 is 4.90 Å². The van der Waals surface area contributed by atoms with E-state index in [4.69, 9.17) is 16.3 Å². The number of carbonyl (C=O) groups is 1. The monoisotopic (exact) mass is 462 g/mol. The summed E-state index contributed by atoms with van der Waals surface area (Å²) >= 11 is 11.2. The van der Waals surface area contributed by atoms with Gasteiger partial charge in [0.1, 0.15) is 11.4 Å². The van der Waals surface area contributed by atoms with E-state index >= 15 is 0 Å². The van der Waals surface area contributed by atoms with Crippen LogP contribution >= 0.6 is 39.3 Å². The molecule has 2 bridgehead atoms. The number of rotatable bonds is 3. The summed E-state index contributed by atoms with van der Waals surface area (Å²) in [5, 5.41) is 0.709. The first-order valence-corrected chi connectivity index (χ1v) is 11.2. The van der Waals surface area contributed by atoms with Crippen molar-refractivity contribution in [1.82, 2.24) is 14.9 Å². The molecule has 2 fully saturated rings. The second kappa shape index (κ2) is 7.72. The van der Waals surface area contributed by atoms with E-state index < -0.39 is 5.60 Å². The Kier molecular flexibility index (Phi) is 5.94. The number of anilines is 1. The van der Waals surface area contributed by atoms with Crippen LogP contribution in [-0.2, 0) is 10.6 Å². The van der Waals surface area contributed by atoms with Crippen molar-refractivity contribution in [3.63, 3.8) is 0 Å². The number of nitrogens with zero attached hydrogens (tertiary/aromatic N) is 4. The van der Waals surface area contributed by atoms with Gasteiger partial charge in [0.15, 0.2) is 5.16 Å². The summed E-state index contributed by atoms with van der Waals surface area (Å²) in [5.41, 5.74) is 0.314. The number of piperazine rings is 1. The largest absolute Gasteiger partial charge is 0.444 e. The van der Waals surface area contributed by atoms with Crippen LogP contribution in [0.1, 0.15) is 39.3 Å². The summed E-state index contributed by atoms with van der Waals surface area (Å²) in [6.45, 7) is 7.18. The Labute approximate surface area is 172 Å². The van der Waals surface area contributed by atoms with Gasteiger partial charge in [-0.2, -0.15) is 0 Å². The number of amides is 1. The van der Waals surface area contributed by atoms with Crippen molar-refractivity contribution in [1.29, 1.82) is 0 Å². The third kappa shape index (κ3) is 4.07. The number of carbonyl (C=O) groups excluding carboxylic acids is 1. The lowest BCUT2D eigenvalue weighted by Crippen LogP contribution is -2.57. The first kappa shape index (κ1) is 20.0. The molecule has 0 N–H and O–H groups in total. The van der Waals surface area contributed by atoms with E-state index in [0.29, 0.717) is 11.0 Å². The summed E-state index contributed by atoms with van der Waals surface area (Å²) in [7, 11) is 0. The third-order valence-electron chi connectivity index (χ3n) is 4.58. The molecule has 3 heterocycles. The van der Waals surface area contributed by atoms with Gasteiger partial charge in [0.2, 0.25) is 0 Å². The highest BCUT2D eigenvalue weighted by molar-refractivity contribution is 9.10. The minimum Gasteiger partial charge on any atom is -0.444 e. The van der Waals surface area contributed by atoms with E-state index in [9.17, 15) is 4.79 Å². The molecule has 0 aliphatic carbocycles. The van der Waals surface area contributed by atoms with Gasteiger partial charge in [-0.1, -0.05) is 11.8 Å². The van der Waals surface area contributed by atoms with Crippen molar-refractivity contribution in [2.75, 3.05) is 24.2 Å². The third-order valence-corrected chi connectivity index (χ3v) is 6.19. The van der Waals surface area contributed by atoms with Crippen LogP contribution in [0.3, 0.4) is 0 Å². The fraction of sp³-hybridized carbons (Fsp3) is 0.706. The number of halogens is 2. The van der Waals surface area contributed by atoms with Crippen LogP contribution in [0, 0.1) is 0 Å². The van der Waals surface area contributed by atoms with Crippen molar-refractivity contribution in [2.45, 2.75) is 62.3 Å². The predicted octanol–water partition coefficient (Wildman–Crippen LogP) is 4.29. The molecule has 2 atom stereocenters. The zero-order chi connectivity index (χ0) is 19.1. The molecule has 1 aromatic rings. The Hall–Kier alpha value is -0.730. The van der Waals surface area contributed by atoms with Crippen molar-refractivity contribution >= 4 is 51.2 Å². The Morgan fingerprint density at radius 1 is 1.31 bits per heavy atom. The highest BCUT2D eigenvalue weighted by Crippen LogP contribution is 2.37. The van der Waals surface area contributed by atoms with Crippen molar-refractivity contribution in [3.8, 4) is 0 Å². The van der Waals surface area contributed by atoms with Crippen LogP contribution in [0.5, 0.6) is 0 Å². The molecule has 144 valence electrons. The van der Waals surface area contributed by atoms with E-state index in [1.165, 1.54) is 11.8 Å². The van der Waals surface area contributed by atoms with Crippen LogP contribution in [0.15, 0.2) is 9.63 Å². The molecule has 9 heteroatoms. The molecule has 0 unspecified atom stereocenters. The molecule has 0 radical (unpaired) electrons. The maximum Gasteiger partial charge on any atom is 0.410 e. The smallest absolute Gasteiger partial charge is 0.410 e. The number of hydrogen-bond donors (Lipinski definition) is 0. The number of alkyl halides is 1. The quantitative estimate of drug-likeness (QED) is 0.379. The van der Waals surface area contributed by atoms with E-state index in [0.717, 1.165) is 41.9 Å². The lowest BCUT2D eigenvalue weighted by Gasteiger charge is -2.42. The van der Waals surface area contributed by atoms with Gasteiger partial charge >= 0.3 is 6.09 Å². The molecule has 26 heavy (non-hydrogen) atoms. The van der Waals surface area contributed by atoms with Gasteiger partial charge in [-0.15, -0.1) is 11.6 Å². The van der Waals surface area contributed by atoms with Gasteiger partial charge in [-0.05, 0) is 55.8 Å². The van der Waals surface area contributed by atoms with Crippen LogP contribution in [0.2, 0.25) is 0 Å². The Bertz CT molecular complexity index is 686. The number of fused-ring (bicyclic) bond motifs is 2. The molecule has 2 aliphatic rings. The normalized spacial score (nSPS) is 22.7. The van der Waals surface area contributed by atoms with E-state index in [1.54, 1.807) is 0 Å². The lowest BCUT2D eigenvalue weighted by atomic mass is 10.2. The van der Waals surface area contributed by atoms with Gasteiger partial charge in [0, 0.05) is 13.1 Å². The minimum atomic E-state index is -0.480. The second-order valence-electron chi connectivity index (χ2n) is 7.61. The van der Waals surface area contributed by atoms with Crippen molar-refractivity contribution < 1.29 is 9.53 Å². The van der Waals surface area contributed by atoms with Crippen LogP contribution in [0.25, 0.3) is 0 Å². The molecule has 0 saturated carbocycles. The van der Waals surface area contributed by atoms with Crippen molar-refractivity contribution in [3.05, 3.63) is 10.2 Å². The summed E-state index contributed by atoms with van der Waals surface area (Å²) in [5.74, 6) is 1.19. The topological polar surface area (TPSA) is 58.6 Å². The summed E-state index contributed by atoms with van der Waals surface area (Å²) in [4.78, 5) is 25.9. The summed E-state index contributed by atoms with van der Waals surface area (Å²) in [6, 6.07) is 0.283. The molecule has 3 rings (SSSR count). The van der Waals surface area contributed by atoms with Gasteiger partial charge in [0.25, 0.3) is 0 Å². The number of thioether (sulfide) groups is 1. The van der Waals surface area contributed by atoms with E-state index in [-0.39, 0.29) is 18.2 Å². The van der Waals surface area contributed by atoms with Gasteiger partial charge in [-0.3, -0.25) is 4.90 Å². The summed E-state index contributed by atoms with van der Waals surface area (Å²) < 4.78 is 6.45. The SMILES string of the molecule is CSc1nc(CCl)c(Br)c(N2C[C@H]3CC[C@@H](C2)N3C(=O)OC(C)(C)C)n1. The fourth-order valence-electron chi connectivity index (χ4n) is 3.54. The van der Waals surface area contributed by atoms with Gasteiger partial charge < -0.3 is 9.64 Å². The molecule has 1 amide bonds. The Morgan fingerprint density at radius 2 is 1.92 bits per heavy atom. The zero-order valence-corrected chi connectivity index (χ0v) is 18.6. The van der Waals surface area contributed by atoms with Crippen LogP contribution in [-0.4, -0.2) is 58.0 Å². The Balaban J connectivity index is 1.82. The van der Waals surface area contributed by atoms with Gasteiger partial charge in [0.05, 0.1) is 28.1 Å². The van der Waals surface area contributed by atoms with Crippen LogP contribution in [0.4, 0.5) is 10.6 Å². The fourth-order valence-corrected chi connectivity index (χ4v) is 4.84. The maximum atomic E-state index is 12.6. The highest BCUT2D eigenvalue weighted by Gasteiger charge is 2.45. The molecular weight excluding hydrogens is 440 g/mol. The first-order valence-electron chi connectivity index (χ1n) is 8.66. The average molecular weight is 464 g/mol. The molecule has 0 spiro atoms. The van der Waals surface area contributed by atoms with E-state index in [2.05, 4.69) is 30.8 Å². The first-order chi connectivity index (χ1) is 12.2. The standard InChI is InChI=1S/C17H24BrClN4O2S/c1-17(2,3)25-16(24)23-10-5-6-11(23)9-22(8-10)14-13(18)12(7-19)20-15(21-14)26-4/h10-11H,5-9H2,1-4H3/t10-,11+. The molecule has 0 aromatic carbocycles. The Morgan fingerprint density at radius 3 is 2.42 bits per heavy atom. The number of hydrogen-bond acceptors (Lipinski definition) is 6. The molecule has 6 nitrogen and oxygen atoms in total. The highest BCUT2D eigenvalue weighted by atomic mass is 79.9. The maximum absolute atomic E-state index is 12.6. The van der Waals surface area contributed by atoms with Gasteiger partial charge in [-0.25, -0.2) is 14.8 Å². The number of ether oxygens (including phenoxy) is 1. The lowest BCUT2D eigenvalue weighted by molar-refractivity contribution is 0.0122. The van der Waals surface area contributed by atoms with E-state index in [1.807, 2.05) is 31.9 Å². The molecule has 1 aromatic heterocycles. The number of aromatic nitrogens is 2. The van der Waals surface area contributed by atoms with Crippen molar-refractivity contribution in [2.24, 2.45) is 0 Å². The zero-order valence-electron chi connectivity index (χ0n) is 15.5. The molecule has 2 aliphatic heterocycles. The minimum absolute atomic E-state index is 0.141. The molecular formula is C17H24BrClN4O2S. The molecule has 2 saturated heterocycles. The predicted molar refractivity (Wildman–Crippen MR) is 108 cm³/mol.